The van der Waals surface area contributed by atoms with Gasteiger partial charge in [0.15, 0.2) is 0 Å². The molecule has 2 atom stereocenters. The summed E-state index contributed by atoms with van der Waals surface area (Å²) >= 11 is 0. The van der Waals surface area contributed by atoms with Crippen molar-refractivity contribution in [2.75, 3.05) is 48.3 Å². The van der Waals surface area contributed by atoms with E-state index in [4.69, 9.17) is 48.8 Å². The van der Waals surface area contributed by atoms with Crippen LogP contribution in [-0.2, 0) is 32.7 Å². The van der Waals surface area contributed by atoms with E-state index < -0.39 is 19.0 Å². The molecule has 0 aromatic heterocycles. The van der Waals surface area contributed by atoms with Crippen LogP contribution in [0.3, 0.4) is 0 Å². The van der Waals surface area contributed by atoms with Crippen LogP contribution in [0.25, 0.3) is 0 Å². The third-order valence-electron chi connectivity index (χ3n) is 6.48. The van der Waals surface area contributed by atoms with Crippen molar-refractivity contribution in [2.24, 2.45) is 0 Å². The average Bonchev–Trinajstić information content (AvgIpc) is 3.54. The molecule has 0 aliphatic carbocycles. The standard InChI is InChI=1S/C9H12O3.C8H10O3.4C7H8O.4C3H8.6C2H6.2CH4.Y/c10-6-8(11)7-12-9-4-2-1-3-5-9;9-6-8(10)11-7-4-2-1-3-5-7;4*1-8-7-5-3-2-4-6-7;4*1-3-2;6*1-2;;;/h1-5,8,10-11H,6-7H2;1-5,8-10H,6H2;4*2-6H,1H3;4*3H2,1-2H3;6*1-2H3;2*1H4;. The maximum atomic E-state index is 8.94. The molecule has 10 nitrogen and oxygen atoms in total. The summed E-state index contributed by atoms with van der Waals surface area (Å²) in [5.74, 6) is 4.89. The van der Waals surface area contributed by atoms with Crippen LogP contribution >= 0.6 is 0 Å². The van der Waals surface area contributed by atoms with Gasteiger partial charge in [-0.3, -0.25) is 0 Å². The van der Waals surface area contributed by atoms with Gasteiger partial charge in [-0.25, -0.2) is 0 Å². The molecule has 0 aliphatic heterocycles. The molecule has 0 saturated heterocycles. The Morgan fingerprint density at radius 2 is 0.476 bits per heavy atom. The van der Waals surface area contributed by atoms with Crippen molar-refractivity contribution in [1.29, 1.82) is 0 Å². The number of benzene rings is 6. The first-order chi connectivity index (χ1) is 38.5. The van der Waals surface area contributed by atoms with Gasteiger partial charge in [-0.05, 0) is 72.8 Å². The Balaban J connectivity index is -0.0000000587. The van der Waals surface area contributed by atoms with Crippen molar-refractivity contribution in [2.45, 2.75) is 191 Å². The van der Waals surface area contributed by atoms with Gasteiger partial charge >= 0.3 is 0 Å². The fourth-order valence-corrected chi connectivity index (χ4v) is 3.68. The predicted octanol–water partition coefficient (Wildman–Crippen LogP) is 20.7. The molecule has 0 bridgehead atoms. The molecule has 0 amide bonds. The predicted molar refractivity (Wildman–Crippen MR) is 363 cm³/mol. The Hall–Kier alpha value is -4.94. The number of rotatable bonds is 11. The number of ether oxygens (including phenoxy) is 6. The van der Waals surface area contributed by atoms with Crippen molar-refractivity contribution in [3.63, 3.8) is 0 Å². The van der Waals surface area contributed by atoms with Crippen LogP contribution in [0.15, 0.2) is 182 Å². The molecule has 6 rings (SSSR count). The quantitative estimate of drug-likeness (QED) is 0.0929. The third kappa shape index (κ3) is 100. The SMILES string of the molecule is C.C.CC.CC.CC.CC.CC.CC.CCC.CCC.CCC.CCC.COc1ccccc1.COc1ccccc1.COc1ccccc1.COc1ccccc1.OCC(O)COc1ccccc1.OCC(O)Oc1ccccc1.[Y]. The minimum atomic E-state index is -1.13. The molecule has 477 valence electrons. The summed E-state index contributed by atoms with van der Waals surface area (Å²) in [6.07, 6.45) is 3.07. The second kappa shape index (κ2) is 111. The third-order valence-corrected chi connectivity index (χ3v) is 6.48. The van der Waals surface area contributed by atoms with E-state index in [1.54, 1.807) is 64.8 Å². The number of hydrogen-bond donors (Lipinski definition) is 4. The maximum Gasteiger partial charge on any atom is 0.220 e. The summed E-state index contributed by atoms with van der Waals surface area (Å²) in [6.45, 7) is 40.5. The molecule has 6 aromatic rings. The monoisotopic (exact) mass is 1230 g/mol. The second-order valence-electron chi connectivity index (χ2n) is 13.4. The Bertz CT molecular complexity index is 1570. The van der Waals surface area contributed by atoms with Gasteiger partial charge in [-0.2, -0.15) is 0 Å². The van der Waals surface area contributed by atoms with Crippen LogP contribution in [0.4, 0.5) is 0 Å². The van der Waals surface area contributed by atoms with E-state index in [-0.39, 0.29) is 60.8 Å². The normalized spacial score (nSPS) is 8.20. The van der Waals surface area contributed by atoms with Crippen molar-refractivity contribution in [1.82, 2.24) is 0 Å². The Kier molecular flexibility index (Phi) is 147. The van der Waals surface area contributed by atoms with E-state index >= 15 is 0 Å². The van der Waals surface area contributed by atoms with Crippen LogP contribution in [0.2, 0.25) is 0 Å². The molecule has 4 N–H and O–H groups in total. The summed E-state index contributed by atoms with van der Waals surface area (Å²) in [6, 6.07) is 56.7. The van der Waals surface area contributed by atoms with E-state index in [1.807, 2.05) is 229 Å². The van der Waals surface area contributed by atoms with Crippen LogP contribution in [-0.4, -0.2) is 81.1 Å². The molecule has 0 spiro atoms. The average molecular weight is 1230 g/mol. The molecule has 6 aromatic carbocycles. The molecule has 82 heavy (non-hydrogen) atoms. The number of para-hydroxylation sites is 6. The first-order valence-electron chi connectivity index (χ1n) is 28.9. The molecule has 0 fully saturated rings. The first kappa shape index (κ1) is 109. The Morgan fingerprint density at radius 3 is 0.622 bits per heavy atom. The van der Waals surface area contributed by atoms with Gasteiger partial charge in [0.05, 0.1) is 35.0 Å². The molecule has 11 heteroatoms. The summed E-state index contributed by atoms with van der Waals surface area (Å²) in [5, 5.41) is 34.7. The first-order valence-corrected chi connectivity index (χ1v) is 28.9. The van der Waals surface area contributed by atoms with Crippen molar-refractivity contribution < 1.29 is 81.6 Å². The molecular weight excluding hydrogens is 1100 g/mol. The summed E-state index contributed by atoms with van der Waals surface area (Å²) in [4.78, 5) is 0. The van der Waals surface area contributed by atoms with E-state index in [9.17, 15) is 0 Å². The number of aliphatic hydroxyl groups is 4. The smallest absolute Gasteiger partial charge is 0.220 e. The van der Waals surface area contributed by atoms with Crippen molar-refractivity contribution in [3.05, 3.63) is 182 Å². The minimum Gasteiger partial charge on any atom is -0.497 e. The van der Waals surface area contributed by atoms with E-state index in [0.717, 1.165) is 23.0 Å². The van der Waals surface area contributed by atoms with Crippen LogP contribution in [0.5, 0.6) is 34.5 Å². The number of methoxy groups -OCH3 is 4. The Labute approximate surface area is 534 Å². The zero-order valence-corrected chi connectivity index (χ0v) is 58.1. The maximum absolute atomic E-state index is 8.94. The van der Waals surface area contributed by atoms with Gasteiger partial charge in [0, 0.05) is 32.7 Å². The number of aliphatic hydroxyl groups excluding tert-OH is 4. The second-order valence-corrected chi connectivity index (χ2v) is 13.4. The molecule has 2 unspecified atom stereocenters. The Morgan fingerprint density at radius 1 is 0.305 bits per heavy atom. The summed E-state index contributed by atoms with van der Waals surface area (Å²) in [5.41, 5.74) is 0. The van der Waals surface area contributed by atoms with E-state index in [0.29, 0.717) is 11.5 Å². The fraction of sp³-hybridized carbons (Fsp3) is 0.493. The van der Waals surface area contributed by atoms with Crippen LogP contribution in [0.1, 0.15) is 179 Å². The fourth-order valence-electron chi connectivity index (χ4n) is 3.68. The van der Waals surface area contributed by atoms with Crippen LogP contribution in [0, 0.1) is 0 Å². The summed E-state index contributed by atoms with van der Waals surface area (Å²) < 4.78 is 29.7. The number of hydrogen-bond acceptors (Lipinski definition) is 10. The van der Waals surface area contributed by atoms with Gasteiger partial charge in [0.25, 0.3) is 0 Å². The van der Waals surface area contributed by atoms with Crippen molar-refractivity contribution in [3.8, 4) is 34.5 Å². The van der Waals surface area contributed by atoms with Gasteiger partial charge in [-0.15, -0.1) is 0 Å². The van der Waals surface area contributed by atoms with E-state index in [1.165, 1.54) is 25.7 Å². The van der Waals surface area contributed by atoms with Crippen LogP contribution < -0.4 is 28.4 Å². The largest absolute Gasteiger partial charge is 0.497 e. The topological polar surface area (TPSA) is 136 Å². The van der Waals surface area contributed by atoms with E-state index in [2.05, 4.69) is 55.4 Å². The molecule has 1 radical (unpaired) electrons. The minimum absolute atomic E-state index is 0. The van der Waals surface area contributed by atoms with Gasteiger partial charge < -0.3 is 48.8 Å². The van der Waals surface area contributed by atoms with Crippen molar-refractivity contribution >= 4 is 0 Å². The zero-order chi connectivity index (χ0) is 63.0. The molecular formula is C71H130O10Y. The zero-order valence-electron chi connectivity index (χ0n) is 55.2. The molecule has 0 heterocycles. The van der Waals surface area contributed by atoms with Gasteiger partial charge in [-0.1, -0.05) is 288 Å². The summed E-state index contributed by atoms with van der Waals surface area (Å²) in [7, 11) is 6.65. The molecule has 0 saturated carbocycles. The molecule has 0 aliphatic rings. The van der Waals surface area contributed by atoms with Gasteiger partial charge in [0.2, 0.25) is 6.29 Å². The van der Waals surface area contributed by atoms with Gasteiger partial charge in [0.1, 0.15) is 53.8 Å².